The summed E-state index contributed by atoms with van der Waals surface area (Å²) in [7, 11) is 0. The van der Waals surface area contributed by atoms with Gasteiger partial charge < -0.3 is 0 Å². The Hall–Kier alpha value is -0.730. The van der Waals surface area contributed by atoms with E-state index in [0.717, 1.165) is 6.42 Å². The molecule has 0 fully saturated rings. The maximum absolute atomic E-state index is 3.51. The molecule has 1 aromatic rings. The Kier molecular flexibility index (Phi) is 4.08. The van der Waals surface area contributed by atoms with Crippen molar-refractivity contribution in [2.75, 3.05) is 0 Å². The van der Waals surface area contributed by atoms with Crippen molar-refractivity contribution in [2.24, 2.45) is 0 Å². The van der Waals surface area contributed by atoms with Crippen molar-refractivity contribution in [3.8, 4) is 0 Å². The number of hydrogen-bond acceptors (Lipinski definition) is 2. The van der Waals surface area contributed by atoms with Gasteiger partial charge in [-0.1, -0.05) is 37.6 Å². The Labute approximate surface area is 102 Å². The fourth-order valence-corrected chi connectivity index (χ4v) is 2.87. The fourth-order valence-electron chi connectivity index (χ4n) is 1.98. The Bertz CT molecular complexity index is 384. The molecular weight excluding hydrogens is 214 g/mol. The lowest BCUT2D eigenvalue weighted by molar-refractivity contribution is 0.618. The largest absolute Gasteiger partial charge is 0.257 e. The SMILES string of the molecule is CCCC(C)NSC1=Cc2ccccc2C1. The van der Waals surface area contributed by atoms with Gasteiger partial charge in [-0.15, -0.1) is 0 Å². The average molecular weight is 233 g/mol. The van der Waals surface area contributed by atoms with Crippen molar-refractivity contribution in [1.82, 2.24) is 4.72 Å². The van der Waals surface area contributed by atoms with Crippen molar-refractivity contribution in [2.45, 2.75) is 39.2 Å². The molecule has 1 aliphatic carbocycles. The monoisotopic (exact) mass is 233 g/mol. The van der Waals surface area contributed by atoms with Crippen molar-refractivity contribution < 1.29 is 0 Å². The zero-order valence-electron chi connectivity index (χ0n) is 9.99. The molecule has 1 unspecified atom stereocenters. The third-order valence-corrected chi connectivity index (χ3v) is 3.89. The van der Waals surface area contributed by atoms with E-state index in [9.17, 15) is 0 Å². The van der Waals surface area contributed by atoms with Gasteiger partial charge in [0, 0.05) is 17.4 Å². The highest BCUT2D eigenvalue weighted by Gasteiger charge is 2.12. The Balaban J connectivity index is 1.86. The molecule has 86 valence electrons. The van der Waals surface area contributed by atoms with Gasteiger partial charge in [-0.25, -0.2) is 0 Å². The third kappa shape index (κ3) is 2.89. The van der Waals surface area contributed by atoms with Crippen LogP contribution in [0.4, 0.5) is 0 Å². The zero-order valence-corrected chi connectivity index (χ0v) is 10.8. The molecule has 0 bridgehead atoms. The van der Waals surface area contributed by atoms with E-state index in [1.807, 2.05) is 0 Å². The van der Waals surface area contributed by atoms with Gasteiger partial charge in [-0.05, 0) is 42.5 Å². The summed E-state index contributed by atoms with van der Waals surface area (Å²) < 4.78 is 3.51. The molecule has 1 aromatic carbocycles. The summed E-state index contributed by atoms with van der Waals surface area (Å²) in [5.41, 5.74) is 2.84. The van der Waals surface area contributed by atoms with Crippen LogP contribution in [0.5, 0.6) is 0 Å². The smallest absolute Gasteiger partial charge is 0.0146 e. The molecule has 0 amide bonds. The van der Waals surface area contributed by atoms with Gasteiger partial charge in [0.25, 0.3) is 0 Å². The second kappa shape index (κ2) is 5.55. The van der Waals surface area contributed by atoms with E-state index >= 15 is 0 Å². The molecule has 2 rings (SSSR count). The highest BCUT2D eigenvalue weighted by Crippen LogP contribution is 2.30. The van der Waals surface area contributed by atoms with Crippen LogP contribution in [-0.2, 0) is 6.42 Å². The lowest BCUT2D eigenvalue weighted by Crippen LogP contribution is -2.18. The van der Waals surface area contributed by atoms with Gasteiger partial charge in [0.15, 0.2) is 0 Å². The van der Waals surface area contributed by atoms with Gasteiger partial charge in [0.05, 0.1) is 0 Å². The van der Waals surface area contributed by atoms with Crippen molar-refractivity contribution in [1.29, 1.82) is 0 Å². The Morgan fingerprint density at radius 2 is 2.19 bits per heavy atom. The molecule has 0 aliphatic heterocycles. The van der Waals surface area contributed by atoms with Gasteiger partial charge in [-0.3, -0.25) is 4.72 Å². The quantitative estimate of drug-likeness (QED) is 0.771. The van der Waals surface area contributed by atoms with E-state index in [1.165, 1.54) is 28.9 Å². The van der Waals surface area contributed by atoms with Crippen LogP contribution in [0.25, 0.3) is 6.08 Å². The van der Waals surface area contributed by atoms with Crippen LogP contribution in [0.15, 0.2) is 29.2 Å². The van der Waals surface area contributed by atoms with Gasteiger partial charge in [-0.2, -0.15) is 0 Å². The highest BCUT2D eigenvalue weighted by molar-refractivity contribution is 8.01. The maximum Gasteiger partial charge on any atom is 0.0146 e. The van der Waals surface area contributed by atoms with Gasteiger partial charge in [0.1, 0.15) is 0 Å². The summed E-state index contributed by atoms with van der Waals surface area (Å²) in [5, 5.41) is 0. The first-order valence-electron chi connectivity index (χ1n) is 6.00. The second-order valence-corrected chi connectivity index (χ2v) is 5.36. The van der Waals surface area contributed by atoms with E-state index in [4.69, 9.17) is 0 Å². The van der Waals surface area contributed by atoms with Crippen LogP contribution in [0.2, 0.25) is 0 Å². The van der Waals surface area contributed by atoms with E-state index in [-0.39, 0.29) is 0 Å². The summed E-state index contributed by atoms with van der Waals surface area (Å²) in [6, 6.07) is 9.23. The lowest BCUT2D eigenvalue weighted by Gasteiger charge is -2.11. The van der Waals surface area contributed by atoms with E-state index in [1.54, 1.807) is 11.9 Å². The summed E-state index contributed by atoms with van der Waals surface area (Å²) in [5.74, 6) is 0. The predicted octanol–water partition coefficient (Wildman–Crippen LogP) is 4.01. The predicted molar refractivity (Wildman–Crippen MR) is 73.2 cm³/mol. The summed E-state index contributed by atoms with van der Waals surface area (Å²) in [6.45, 7) is 4.48. The molecular formula is C14H19NS. The third-order valence-electron chi connectivity index (χ3n) is 2.85. The van der Waals surface area contributed by atoms with Crippen LogP contribution in [0.3, 0.4) is 0 Å². The fraction of sp³-hybridized carbons (Fsp3) is 0.429. The molecule has 2 heteroatoms. The molecule has 0 saturated heterocycles. The molecule has 1 atom stereocenters. The molecule has 0 radical (unpaired) electrons. The maximum atomic E-state index is 3.51. The number of benzene rings is 1. The number of allylic oxidation sites excluding steroid dienone is 1. The first-order valence-corrected chi connectivity index (χ1v) is 6.82. The standard InChI is InChI=1S/C14H19NS/c1-3-6-11(2)15-16-14-9-12-7-4-5-8-13(12)10-14/h4-5,7-9,11,15H,3,6,10H2,1-2H3. The Morgan fingerprint density at radius 1 is 1.38 bits per heavy atom. The summed E-state index contributed by atoms with van der Waals surface area (Å²) in [6.07, 6.45) is 5.87. The van der Waals surface area contributed by atoms with Crippen molar-refractivity contribution in [3.63, 3.8) is 0 Å². The van der Waals surface area contributed by atoms with E-state index in [0.29, 0.717) is 6.04 Å². The molecule has 0 saturated carbocycles. The molecule has 1 nitrogen and oxygen atoms in total. The first-order chi connectivity index (χ1) is 7.79. The minimum Gasteiger partial charge on any atom is -0.257 e. The summed E-state index contributed by atoms with van der Waals surface area (Å²) >= 11 is 1.80. The topological polar surface area (TPSA) is 12.0 Å². The van der Waals surface area contributed by atoms with Gasteiger partial charge >= 0.3 is 0 Å². The van der Waals surface area contributed by atoms with Crippen LogP contribution < -0.4 is 4.72 Å². The van der Waals surface area contributed by atoms with Crippen LogP contribution in [0, 0.1) is 0 Å². The molecule has 0 spiro atoms. The van der Waals surface area contributed by atoms with E-state index in [2.05, 4.69) is 48.9 Å². The van der Waals surface area contributed by atoms with Crippen molar-refractivity contribution in [3.05, 3.63) is 40.3 Å². The molecule has 0 aromatic heterocycles. The van der Waals surface area contributed by atoms with Crippen molar-refractivity contribution >= 4 is 18.0 Å². The first kappa shape index (κ1) is 11.7. The molecule has 16 heavy (non-hydrogen) atoms. The number of hydrogen-bond donors (Lipinski definition) is 1. The molecule has 0 heterocycles. The molecule has 1 N–H and O–H groups in total. The lowest BCUT2D eigenvalue weighted by atomic mass is 10.1. The zero-order chi connectivity index (χ0) is 11.4. The normalized spacial score (nSPS) is 15.8. The number of nitrogens with one attached hydrogen (secondary N) is 1. The minimum atomic E-state index is 0.597. The van der Waals surface area contributed by atoms with Crippen LogP contribution in [0.1, 0.15) is 37.8 Å². The average Bonchev–Trinajstić information content (AvgIpc) is 2.69. The minimum absolute atomic E-state index is 0.597. The van der Waals surface area contributed by atoms with Crippen LogP contribution in [-0.4, -0.2) is 6.04 Å². The molecule has 1 aliphatic rings. The number of rotatable bonds is 5. The number of fused-ring (bicyclic) bond motifs is 1. The summed E-state index contributed by atoms with van der Waals surface area (Å²) in [4.78, 5) is 1.43. The van der Waals surface area contributed by atoms with E-state index < -0.39 is 0 Å². The van der Waals surface area contributed by atoms with Crippen LogP contribution >= 0.6 is 11.9 Å². The second-order valence-electron chi connectivity index (χ2n) is 4.40. The van der Waals surface area contributed by atoms with Gasteiger partial charge in [0.2, 0.25) is 0 Å². The highest BCUT2D eigenvalue weighted by atomic mass is 32.2. The Morgan fingerprint density at radius 3 is 2.94 bits per heavy atom.